The van der Waals surface area contributed by atoms with Gasteiger partial charge in [-0.05, 0) is 82.9 Å². The molecular weight excluding hydrogens is 1270 g/mol. The van der Waals surface area contributed by atoms with Crippen molar-refractivity contribution >= 4 is 131 Å². The number of carboxylic acid groups (broad SMARTS) is 1. The fourth-order valence-electron chi connectivity index (χ4n) is 8.11. The predicted octanol–water partition coefficient (Wildman–Crippen LogP) is 4.45. The lowest BCUT2D eigenvalue weighted by Crippen LogP contribution is -2.50. The van der Waals surface area contributed by atoms with Gasteiger partial charge in [0, 0.05) is 43.1 Å². The van der Waals surface area contributed by atoms with Crippen molar-refractivity contribution in [2.24, 2.45) is 15.7 Å². The van der Waals surface area contributed by atoms with Gasteiger partial charge in [-0.25, -0.2) is 14.4 Å². The Morgan fingerprint density at radius 2 is 0.944 bits per heavy atom. The van der Waals surface area contributed by atoms with Crippen LogP contribution in [0.25, 0.3) is 22.3 Å². The van der Waals surface area contributed by atoms with E-state index in [-0.39, 0.29) is 82.0 Å². The maximum atomic E-state index is 13.1. The van der Waals surface area contributed by atoms with Crippen LogP contribution in [0.3, 0.4) is 0 Å². The first kappa shape index (κ1) is 71.8. The van der Waals surface area contributed by atoms with E-state index in [1.807, 2.05) is 60.7 Å². The summed E-state index contributed by atoms with van der Waals surface area (Å²) in [4.78, 5) is 106. The molecule has 2 aliphatic rings. The topological polar surface area (TPSA) is 375 Å². The molecule has 0 fully saturated rings. The molecule has 6 aromatic carbocycles. The maximum Gasteiger partial charge on any atom is 0.335 e. The number of hydrogen-bond acceptors (Lipinski definition) is 19. The quantitative estimate of drug-likeness (QED) is 0.0498. The number of nitrogens with zero attached hydrogens (tertiary/aromatic N) is 2. The van der Waals surface area contributed by atoms with Gasteiger partial charge in [0.1, 0.15) is 12.1 Å². The van der Waals surface area contributed by atoms with Gasteiger partial charge in [-0.2, -0.15) is 13.5 Å². The lowest BCUT2D eigenvalue weighted by Gasteiger charge is -2.20. The molecule has 476 valence electrons. The molecule has 0 aliphatic carbocycles. The Hall–Kier alpha value is -8.99. The molecule has 0 radical (unpaired) electrons. The molecule has 6 aromatic rings. The number of carbonyl (C=O) groups excluding carboxylic acids is 7. The highest BCUT2D eigenvalue weighted by atomic mass is 35.5. The summed E-state index contributed by atoms with van der Waals surface area (Å²) in [6.45, 7) is 0.223. The maximum absolute atomic E-state index is 13.1. The number of halogens is 4. The van der Waals surface area contributed by atoms with E-state index >= 15 is 0 Å². The van der Waals surface area contributed by atoms with E-state index < -0.39 is 78.3 Å². The van der Waals surface area contributed by atoms with Crippen LogP contribution < -0.4 is 53.6 Å². The van der Waals surface area contributed by atoms with Gasteiger partial charge in [0.25, 0.3) is 17.7 Å². The molecule has 2 unspecified atom stereocenters. The molecule has 30 heteroatoms. The summed E-state index contributed by atoms with van der Waals surface area (Å²) in [5, 5.41) is 52.2. The number of hydrogen-bond donors (Lipinski definition) is 13. The second kappa shape index (κ2) is 35.9. The van der Waals surface area contributed by atoms with E-state index in [0.717, 1.165) is 23.8 Å². The van der Waals surface area contributed by atoms with Crippen molar-refractivity contribution in [3.63, 3.8) is 0 Å². The summed E-state index contributed by atoms with van der Waals surface area (Å²) < 4.78 is 9.42. The number of carbonyl (C=O) groups is 8. The molecule has 8 rings (SSSR count). The van der Waals surface area contributed by atoms with Gasteiger partial charge in [-0.15, -0.1) is 0 Å². The third kappa shape index (κ3) is 21.9. The van der Waals surface area contributed by atoms with Gasteiger partial charge < -0.3 is 78.4 Å². The van der Waals surface area contributed by atoms with Crippen molar-refractivity contribution in [1.29, 1.82) is 0 Å². The summed E-state index contributed by atoms with van der Waals surface area (Å²) in [5.41, 5.74) is 10.1. The molecule has 25 nitrogen and oxygen atoms in total. The van der Waals surface area contributed by atoms with Gasteiger partial charge in [0.05, 0.1) is 89.4 Å². The first-order valence-corrected chi connectivity index (χ1v) is 28.5. The average Bonchev–Trinajstić information content (AvgIpc) is 0.974. The first-order chi connectivity index (χ1) is 42.7. The van der Waals surface area contributed by atoms with Crippen molar-refractivity contribution in [2.75, 3.05) is 77.2 Å². The average molecular weight is 1340 g/mol. The summed E-state index contributed by atoms with van der Waals surface area (Å²) in [6.07, 6.45) is -1.02. The number of nitrogens with one attached hydrogen (secondary N) is 9. The highest BCUT2D eigenvalue weighted by molar-refractivity contribution is 7.59. The number of amides is 5. The van der Waals surface area contributed by atoms with Crippen molar-refractivity contribution < 1.29 is 63.1 Å². The number of ether oxygens (including phenoxy) is 2. The second-order valence-electron chi connectivity index (χ2n) is 19.1. The summed E-state index contributed by atoms with van der Waals surface area (Å²) in [6, 6.07) is 35.7. The van der Waals surface area contributed by atoms with Crippen LogP contribution in [0.15, 0.2) is 143 Å². The van der Waals surface area contributed by atoms with Gasteiger partial charge in [-0.1, -0.05) is 119 Å². The molecule has 0 spiro atoms. The number of aliphatic hydroxyl groups is 2. The van der Waals surface area contributed by atoms with Gasteiger partial charge in [0.2, 0.25) is 11.8 Å². The van der Waals surface area contributed by atoms with E-state index in [0.29, 0.717) is 48.5 Å². The Kier molecular flexibility index (Phi) is 28.6. The van der Waals surface area contributed by atoms with Gasteiger partial charge in [0.15, 0.2) is 11.9 Å². The number of aliphatic imine (C=N–C) groups is 2. The molecule has 0 saturated carbocycles. The molecule has 2 aliphatic heterocycles. The highest BCUT2D eigenvalue weighted by Crippen LogP contribution is 2.33. The lowest BCUT2D eigenvalue weighted by molar-refractivity contribution is -0.143. The molecule has 5 amide bonds. The van der Waals surface area contributed by atoms with Gasteiger partial charge in [-0.3, -0.25) is 34.0 Å². The molecular formula is C60H64Cl4N12O13S. The third-order valence-corrected chi connectivity index (χ3v) is 13.8. The van der Waals surface area contributed by atoms with E-state index in [9.17, 15) is 48.6 Å². The Morgan fingerprint density at radius 3 is 1.32 bits per heavy atom. The summed E-state index contributed by atoms with van der Waals surface area (Å²) in [7, 11) is 2.31. The summed E-state index contributed by atoms with van der Waals surface area (Å²) >= 11 is 25.3. The number of anilines is 2. The smallest absolute Gasteiger partial charge is 0.335 e. The zero-order valence-electron chi connectivity index (χ0n) is 48.1. The number of aromatic carboxylic acids is 1. The first-order valence-electron chi connectivity index (χ1n) is 26.9. The summed E-state index contributed by atoms with van der Waals surface area (Å²) in [5.74, 6) is -4.54. The Labute approximate surface area is 543 Å². The van der Waals surface area contributed by atoms with E-state index in [4.69, 9.17) is 62.0 Å². The molecule has 0 saturated heterocycles. The number of nitrogens with two attached hydrogens (primary N) is 1. The van der Waals surface area contributed by atoms with Crippen molar-refractivity contribution in [3.8, 4) is 22.3 Å². The number of aliphatic hydroxyl groups excluding tert-OH is 2. The molecule has 14 N–H and O–H groups in total. The zero-order chi connectivity index (χ0) is 64.6. The van der Waals surface area contributed by atoms with Gasteiger partial charge >= 0.3 is 17.9 Å². The Balaban J connectivity index is 0.000000272. The zero-order valence-corrected chi connectivity index (χ0v) is 52.1. The minimum atomic E-state index is -1.27. The number of carboxylic acids is 1. The van der Waals surface area contributed by atoms with Crippen molar-refractivity contribution in [2.45, 2.75) is 24.3 Å². The number of guanidine groups is 2. The van der Waals surface area contributed by atoms with Crippen LogP contribution in [0.1, 0.15) is 41.4 Å². The third-order valence-electron chi connectivity index (χ3n) is 12.6. The van der Waals surface area contributed by atoms with Crippen LogP contribution in [0, 0.1) is 0 Å². The van der Waals surface area contributed by atoms with Crippen LogP contribution >= 0.6 is 59.9 Å². The van der Waals surface area contributed by atoms with Crippen molar-refractivity contribution in [1.82, 2.24) is 37.2 Å². The van der Waals surface area contributed by atoms with Crippen LogP contribution in [-0.2, 0) is 28.7 Å². The SMILES string of the molecule is COC(=O)[C@H](CNC(=O)CN)NC(=O)c1c(Cl)cc(-c2ccccc2)cc1Cl.COC(=O)[C@H](CNC(=O)CNC(=O)c1cccc(NC2=NCC(O)CN2)c1)NC(=O)c1c(Cl)cc(-c2ccccc2)cc1Cl.O=C(O)c1cccc(NC2=NCC(O)CN2)c1.S. The molecule has 0 bridgehead atoms. The highest BCUT2D eigenvalue weighted by Gasteiger charge is 2.28. The molecule has 2 heterocycles. The van der Waals surface area contributed by atoms with E-state index in [2.05, 4.69) is 62.6 Å². The number of esters is 2. The Morgan fingerprint density at radius 1 is 0.544 bits per heavy atom. The second-order valence-corrected chi connectivity index (χ2v) is 20.7. The number of β-amino-alcohol motifs (C(OH)–C–C–N with tert-alkyl or cyclic N) is 2. The lowest BCUT2D eigenvalue weighted by atomic mass is 10.0. The number of rotatable bonds is 19. The fourth-order valence-corrected chi connectivity index (χ4v) is 9.43. The largest absolute Gasteiger partial charge is 0.478 e. The number of methoxy groups -OCH3 is 2. The van der Waals surface area contributed by atoms with Crippen LogP contribution in [-0.4, -0.2) is 166 Å². The molecule has 4 atom stereocenters. The fraction of sp³-hybridized carbons (Fsp3) is 0.233. The van der Waals surface area contributed by atoms with Crippen LogP contribution in [0.2, 0.25) is 20.1 Å². The Bertz CT molecular complexity index is 3550. The number of benzene rings is 6. The predicted molar refractivity (Wildman–Crippen MR) is 348 cm³/mol. The normalized spacial score (nSPS) is 14.4. The van der Waals surface area contributed by atoms with Crippen LogP contribution in [0.5, 0.6) is 0 Å². The minimum Gasteiger partial charge on any atom is -0.478 e. The standard InChI is InChI=1S/C30H30Cl2N6O6.C19H19Cl2N3O4.C11H13N3O3.H2S/c1-44-29(43)24(38-28(42)26-22(31)11-19(12-23(26)32)17-6-3-2-4-7-17)15-33-25(40)16-34-27(41)18-8-5-9-20(10-18)37-30-35-13-21(39)14-36-30;1-28-19(27)15(10-23-16(25)9-22)24-18(26)17-13(20)7-12(8-14(17)21)11-5-3-2-4-6-11;15-9-5-12-11(13-6-9)14-8-3-1-2-7(4-8)10(16)17;/h2-12,21,24,39H,13-16H2,1H3,(H,33,40)(H,34,41)(H,38,42)(H2,35,36,37);2-8,15H,9-10,22H2,1H3,(H,23,25)(H,24,26);1-4,9,15H,5-6H2,(H,16,17)(H2,12,13,14);1H2/t24-;15-;;/m00../s1. The molecule has 90 heavy (non-hydrogen) atoms. The van der Waals surface area contributed by atoms with E-state index in [1.54, 1.807) is 60.7 Å². The van der Waals surface area contributed by atoms with Crippen molar-refractivity contribution in [3.05, 3.63) is 176 Å². The monoisotopic (exact) mass is 1330 g/mol. The minimum absolute atomic E-state index is 0. The van der Waals surface area contributed by atoms with Crippen LogP contribution in [0.4, 0.5) is 11.4 Å². The molecule has 0 aromatic heterocycles. The van der Waals surface area contributed by atoms with E-state index in [1.165, 1.54) is 19.2 Å².